The molecule has 0 unspecified atom stereocenters. The maximum Gasteiger partial charge on any atom is 0.213 e. The minimum atomic E-state index is 0.787. The second-order valence-corrected chi connectivity index (χ2v) is 3.23. The fourth-order valence-corrected chi connectivity index (χ4v) is 0.799. The maximum atomic E-state index is 10.2. The molecular formula is C16H34N4O2. The lowest BCUT2D eigenvalue weighted by atomic mass is 10.3. The van der Waals surface area contributed by atoms with Gasteiger partial charge in [-0.3, -0.25) is 9.59 Å². The molecule has 0 aliphatic carbocycles. The van der Waals surface area contributed by atoms with Gasteiger partial charge in [-0.25, -0.2) is 0 Å². The molecule has 0 saturated carbocycles. The summed E-state index contributed by atoms with van der Waals surface area (Å²) >= 11 is 0. The van der Waals surface area contributed by atoms with Crippen molar-refractivity contribution in [1.82, 2.24) is 4.90 Å². The van der Waals surface area contributed by atoms with Crippen LogP contribution in [0.2, 0.25) is 0 Å². The summed E-state index contributed by atoms with van der Waals surface area (Å²) in [5.41, 5.74) is 9.91. The topological polar surface area (TPSA) is 92.7 Å². The predicted molar refractivity (Wildman–Crippen MR) is 96.8 cm³/mol. The number of carbonyl (C=O) groups excluding carboxylic acids is 2. The van der Waals surface area contributed by atoms with Gasteiger partial charge in [0.15, 0.2) is 0 Å². The molecule has 0 saturated heterocycles. The largest absolute Gasteiger partial charge is 0.349 e. The normalized spacial score (nSPS) is 6.95. The Balaban J connectivity index is -0.000000117. The van der Waals surface area contributed by atoms with Crippen molar-refractivity contribution in [3.05, 3.63) is 30.3 Å². The quantitative estimate of drug-likeness (QED) is 0.825. The number of anilines is 1. The number of hydrogen-bond donors (Lipinski definition) is 2. The second kappa shape index (κ2) is 27.4. The third-order valence-corrected chi connectivity index (χ3v) is 2.00. The van der Waals surface area contributed by atoms with Crippen LogP contribution in [0.3, 0.4) is 0 Å². The molecule has 0 aliphatic rings. The first kappa shape index (κ1) is 28.3. The standard InChI is InChI=1S/C8H9NO.C4H9NO.C2H6.2CH5N/c1-9(7-10)8-5-3-2-4-6-8;1-3-5(2)4-6;3*1-2/h2-7H,1H3;4H,3H2,1-2H3;1-2H3;2*2H2,1H3. The van der Waals surface area contributed by atoms with Crippen molar-refractivity contribution < 1.29 is 9.59 Å². The second-order valence-electron chi connectivity index (χ2n) is 3.23. The van der Waals surface area contributed by atoms with Crippen LogP contribution in [0.1, 0.15) is 20.8 Å². The van der Waals surface area contributed by atoms with Crippen molar-refractivity contribution in [3.8, 4) is 0 Å². The van der Waals surface area contributed by atoms with E-state index < -0.39 is 0 Å². The minimum absolute atomic E-state index is 0.787. The van der Waals surface area contributed by atoms with E-state index in [2.05, 4.69) is 11.5 Å². The van der Waals surface area contributed by atoms with Crippen molar-refractivity contribution in [1.29, 1.82) is 0 Å². The smallest absolute Gasteiger partial charge is 0.213 e. The molecule has 6 nitrogen and oxygen atoms in total. The number of amides is 2. The number of hydrogen-bond acceptors (Lipinski definition) is 4. The highest BCUT2D eigenvalue weighted by atomic mass is 16.1. The molecule has 0 spiro atoms. The summed E-state index contributed by atoms with van der Waals surface area (Å²) in [6, 6.07) is 9.48. The summed E-state index contributed by atoms with van der Waals surface area (Å²) in [6.45, 7) is 6.72. The van der Waals surface area contributed by atoms with E-state index in [1.165, 1.54) is 19.0 Å². The Bertz CT molecular complexity index is 308. The summed E-state index contributed by atoms with van der Waals surface area (Å²) in [4.78, 5) is 23.0. The molecule has 0 atom stereocenters. The SMILES string of the molecule is CC.CCN(C)C=O.CN.CN.CN(C=O)c1ccccc1. The van der Waals surface area contributed by atoms with Crippen LogP contribution in [0.15, 0.2) is 30.3 Å². The highest BCUT2D eigenvalue weighted by molar-refractivity contribution is 5.73. The Morgan fingerprint density at radius 1 is 0.909 bits per heavy atom. The van der Waals surface area contributed by atoms with E-state index in [1.54, 1.807) is 19.0 Å². The number of nitrogens with zero attached hydrogens (tertiary/aromatic N) is 2. The van der Waals surface area contributed by atoms with E-state index in [1.807, 2.05) is 51.1 Å². The Hall–Kier alpha value is -1.92. The van der Waals surface area contributed by atoms with Crippen molar-refractivity contribution in [2.75, 3.05) is 39.6 Å². The van der Waals surface area contributed by atoms with Gasteiger partial charge in [-0.1, -0.05) is 32.0 Å². The first-order valence-electron chi connectivity index (χ1n) is 7.19. The Kier molecular flexibility index (Phi) is 35.2. The molecule has 2 amide bonds. The van der Waals surface area contributed by atoms with Gasteiger partial charge >= 0.3 is 0 Å². The Morgan fingerprint density at radius 2 is 1.32 bits per heavy atom. The molecule has 4 N–H and O–H groups in total. The number of nitrogens with two attached hydrogens (primary N) is 2. The molecule has 1 aromatic carbocycles. The van der Waals surface area contributed by atoms with Crippen LogP contribution in [0.4, 0.5) is 5.69 Å². The highest BCUT2D eigenvalue weighted by Crippen LogP contribution is 2.07. The Morgan fingerprint density at radius 3 is 1.55 bits per heavy atom. The van der Waals surface area contributed by atoms with Gasteiger partial charge in [-0.05, 0) is 33.2 Å². The summed E-state index contributed by atoms with van der Waals surface area (Å²) < 4.78 is 0. The summed E-state index contributed by atoms with van der Waals surface area (Å²) in [7, 11) is 6.47. The van der Waals surface area contributed by atoms with Gasteiger partial charge in [0.25, 0.3) is 0 Å². The van der Waals surface area contributed by atoms with Gasteiger partial charge in [0, 0.05) is 26.3 Å². The zero-order valence-corrected chi connectivity index (χ0v) is 15.1. The fraction of sp³-hybridized carbons (Fsp3) is 0.500. The monoisotopic (exact) mass is 314 g/mol. The van der Waals surface area contributed by atoms with Gasteiger partial charge in [0.1, 0.15) is 0 Å². The van der Waals surface area contributed by atoms with Crippen molar-refractivity contribution in [2.24, 2.45) is 11.5 Å². The van der Waals surface area contributed by atoms with Crippen LogP contribution in [0.25, 0.3) is 0 Å². The predicted octanol–water partition coefficient (Wildman–Crippen LogP) is 1.55. The van der Waals surface area contributed by atoms with Gasteiger partial charge in [-0.15, -0.1) is 0 Å². The van der Waals surface area contributed by atoms with E-state index in [0.29, 0.717) is 0 Å². The third-order valence-electron chi connectivity index (χ3n) is 2.00. The van der Waals surface area contributed by atoms with Crippen molar-refractivity contribution in [3.63, 3.8) is 0 Å². The highest BCUT2D eigenvalue weighted by Gasteiger charge is 1.93. The number of carbonyl (C=O) groups is 2. The average Bonchev–Trinajstić information content (AvgIpc) is 2.66. The lowest BCUT2D eigenvalue weighted by Gasteiger charge is -2.08. The van der Waals surface area contributed by atoms with E-state index >= 15 is 0 Å². The summed E-state index contributed by atoms with van der Waals surface area (Å²) in [5.74, 6) is 0. The Labute approximate surface area is 136 Å². The first-order valence-corrected chi connectivity index (χ1v) is 7.19. The molecule has 1 aromatic rings. The summed E-state index contributed by atoms with van der Waals surface area (Å²) in [6.07, 6.45) is 1.59. The zero-order chi connectivity index (χ0) is 18.4. The number of benzene rings is 1. The zero-order valence-electron chi connectivity index (χ0n) is 15.1. The molecule has 22 heavy (non-hydrogen) atoms. The minimum Gasteiger partial charge on any atom is -0.349 e. The van der Waals surface area contributed by atoms with Crippen molar-refractivity contribution >= 4 is 18.5 Å². The van der Waals surface area contributed by atoms with Crippen LogP contribution in [-0.2, 0) is 9.59 Å². The molecule has 0 heterocycles. The van der Waals surface area contributed by atoms with E-state index in [9.17, 15) is 9.59 Å². The van der Waals surface area contributed by atoms with E-state index in [0.717, 1.165) is 25.1 Å². The van der Waals surface area contributed by atoms with E-state index in [-0.39, 0.29) is 0 Å². The molecule has 0 aliphatic heterocycles. The summed E-state index contributed by atoms with van der Waals surface area (Å²) in [5, 5.41) is 0. The average molecular weight is 314 g/mol. The molecular weight excluding hydrogens is 280 g/mol. The van der Waals surface area contributed by atoms with Crippen LogP contribution in [0, 0.1) is 0 Å². The number of rotatable bonds is 4. The van der Waals surface area contributed by atoms with Crippen LogP contribution in [-0.4, -0.2) is 52.5 Å². The molecule has 0 bridgehead atoms. The molecule has 0 fully saturated rings. The van der Waals surface area contributed by atoms with Crippen LogP contribution < -0.4 is 16.4 Å². The van der Waals surface area contributed by atoms with E-state index in [4.69, 9.17) is 0 Å². The number of para-hydroxylation sites is 1. The van der Waals surface area contributed by atoms with Gasteiger partial charge in [0.2, 0.25) is 12.8 Å². The molecule has 0 radical (unpaired) electrons. The lowest BCUT2D eigenvalue weighted by molar-refractivity contribution is -0.116. The van der Waals surface area contributed by atoms with Crippen LogP contribution in [0.5, 0.6) is 0 Å². The van der Waals surface area contributed by atoms with Gasteiger partial charge < -0.3 is 21.3 Å². The third kappa shape index (κ3) is 20.4. The van der Waals surface area contributed by atoms with Gasteiger partial charge in [0.05, 0.1) is 0 Å². The van der Waals surface area contributed by atoms with Crippen LogP contribution >= 0.6 is 0 Å². The first-order chi connectivity index (χ1) is 10.7. The molecule has 0 aromatic heterocycles. The maximum absolute atomic E-state index is 10.2. The molecule has 6 heteroatoms. The fourth-order valence-electron chi connectivity index (χ4n) is 0.799. The molecule has 1 rings (SSSR count). The van der Waals surface area contributed by atoms with Gasteiger partial charge in [-0.2, -0.15) is 0 Å². The lowest BCUT2D eigenvalue weighted by Crippen LogP contribution is -2.13. The molecule has 130 valence electrons. The van der Waals surface area contributed by atoms with Crippen molar-refractivity contribution in [2.45, 2.75) is 20.8 Å².